The van der Waals surface area contributed by atoms with E-state index in [9.17, 15) is 4.79 Å². The Hall–Kier alpha value is -1.24. The summed E-state index contributed by atoms with van der Waals surface area (Å²) in [4.78, 5) is 19.5. The minimum Gasteiger partial charge on any atom is -0.383 e. The van der Waals surface area contributed by atoms with Gasteiger partial charge >= 0.3 is 0 Å². The molecule has 20 heavy (non-hydrogen) atoms. The Kier molecular flexibility index (Phi) is 5.70. The van der Waals surface area contributed by atoms with Gasteiger partial charge in [-0.25, -0.2) is 4.98 Å². The highest BCUT2D eigenvalue weighted by Crippen LogP contribution is 2.15. The number of carbonyl (C=O) groups excluding carboxylic acids is 1. The molecule has 0 aromatic carbocycles. The number of amides is 1. The second-order valence-electron chi connectivity index (χ2n) is 4.17. The first kappa shape index (κ1) is 15.2. The van der Waals surface area contributed by atoms with E-state index >= 15 is 0 Å². The Labute approximate surface area is 130 Å². The molecule has 2 aromatic rings. The summed E-state index contributed by atoms with van der Waals surface area (Å²) in [5.41, 5.74) is 0.584. The maximum absolute atomic E-state index is 12.5. The van der Waals surface area contributed by atoms with Gasteiger partial charge in [-0.1, -0.05) is 6.07 Å². The summed E-state index contributed by atoms with van der Waals surface area (Å²) >= 11 is 4.91. The summed E-state index contributed by atoms with van der Waals surface area (Å²) in [7, 11) is 1.63. The zero-order valence-corrected chi connectivity index (χ0v) is 13.5. The van der Waals surface area contributed by atoms with E-state index in [0.29, 0.717) is 25.3 Å². The largest absolute Gasteiger partial charge is 0.383 e. The Balaban J connectivity index is 2.12. The summed E-state index contributed by atoms with van der Waals surface area (Å²) in [5.74, 6) is -0.0320. The number of hydrogen-bond acceptors (Lipinski definition) is 4. The lowest BCUT2D eigenvalue weighted by Gasteiger charge is -2.21. The first-order valence-electron chi connectivity index (χ1n) is 6.13. The molecule has 0 bridgehead atoms. The van der Waals surface area contributed by atoms with Crippen LogP contribution in [0.15, 0.2) is 40.4 Å². The van der Waals surface area contributed by atoms with Crippen LogP contribution in [-0.4, -0.2) is 36.1 Å². The molecule has 0 aliphatic heterocycles. The minimum atomic E-state index is -0.0320. The summed E-state index contributed by atoms with van der Waals surface area (Å²) in [6.07, 6.45) is 1.58. The van der Waals surface area contributed by atoms with Gasteiger partial charge in [0.25, 0.3) is 5.91 Å². The molecule has 1 amide bonds. The van der Waals surface area contributed by atoms with Crippen molar-refractivity contribution in [1.29, 1.82) is 0 Å². The third kappa shape index (κ3) is 4.13. The van der Waals surface area contributed by atoms with Crippen molar-refractivity contribution >= 4 is 33.2 Å². The van der Waals surface area contributed by atoms with E-state index < -0.39 is 0 Å². The molecule has 0 N–H and O–H groups in total. The number of nitrogens with zero attached hydrogens (tertiary/aromatic N) is 2. The van der Waals surface area contributed by atoms with Crippen molar-refractivity contribution in [2.24, 2.45) is 0 Å². The Morgan fingerprint density at radius 1 is 1.45 bits per heavy atom. The second kappa shape index (κ2) is 7.52. The summed E-state index contributed by atoms with van der Waals surface area (Å²) in [6.45, 7) is 1.67. The number of thiophene rings is 1. The van der Waals surface area contributed by atoms with Crippen molar-refractivity contribution in [3.8, 4) is 0 Å². The van der Waals surface area contributed by atoms with Crippen molar-refractivity contribution in [2.75, 3.05) is 20.3 Å². The van der Waals surface area contributed by atoms with E-state index in [2.05, 4.69) is 20.9 Å². The molecule has 0 fully saturated rings. The highest BCUT2D eigenvalue weighted by molar-refractivity contribution is 9.10. The van der Waals surface area contributed by atoms with Crippen LogP contribution in [0.3, 0.4) is 0 Å². The average molecular weight is 355 g/mol. The molecule has 0 aliphatic carbocycles. The first-order valence-corrected chi connectivity index (χ1v) is 7.80. The molecule has 0 spiro atoms. The van der Waals surface area contributed by atoms with Crippen molar-refractivity contribution in [3.05, 3.63) is 50.9 Å². The average Bonchev–Trinajstić information content (AvgIpc) is 2.96. The zero-order chi connectivity index (χ0) is 14.4. The number of rotatable bonds is 6. The fourth-order valence-electron chi connectivity index (χ4n) is 1.73. The molecular formula is C14H15BrN2O2S. The molecular weight excluding hydrogens is 340 g/mol. The van der Waals surface area contributed by atoms with Crippen LogP contribution in [0, 0.1) is 0 Å². The zero-order valence-electron chi connectivity index (χ0n) is 11.1. The summed E-state index contributed by atoms with van der Waals surface area (Å²) in [6, 6.07) is 7.55. The van der Waals surface area contributed by atoms with Crippen molar-refractivity contribution in [2.45, 2.75) is 6.54 Å². The van der Waals surface area contributed by atoms with E-state index in [4.69, 9.17) is 4.74 Å². The lowest BCUT2D eigenvalue weighted by Crippen LogP contribution is -2.33. The molecule has 0 saturated heterocycles. The van der Waals surface area contributed by atoms with Gasteiger partial charge in [0.2, 0.25) is 0 Å². The molecule has 2 rings (SSSR count). The normalized spacial score (nSPS) is 10.5. The smallest absolute Gasteiger partial charge is 0.255 e. The maximum Gasteiger partial charge on any atom is 0.255 e. The molecule has 2 aromatic heterocycles. The van der Waals surface area contributed by atoms with Gasteiger partial charge in [-0.05, 0) is 39.5 Å². The van der Waals surface area contributed by atoms with Crippen LogP contribution in [-0.2, 0) is 11.3 Å². The van der Waals surface area contributed by atoms with Gasteiger partial charge in [-0.3, -0.25) is 4.79 Å². The number of hydrogen-bond donors (Lipinski definition) is 0. The van der Waals surface area contributed by atoms with Crippen LogP contribution in [0.5, 0.6) is 0 Å². The third-order valence-corrected chi connectivity index (χ3v) is 4.08. The fourth-order valence-corrected chi connectivity index (χ4v) is 2.68. The maximum atomic E-state index is 12.5. The standard InChI is InChI=1S/C14H15BrN2O2S/c1-19-7-6-17(10-12-3-2-8-20-12)14(18)11-4-5-13(15)16-9-11/h2-5,8-9H,6-7,10H2,1H3. The van der Waals surface area contributed by atoms with E-state index in [1.807, 2.05) is 17.5 Å². The number of halogens is 1. The molecule has 4 nitrogen and oxygen atoms in total. The lowest BCUT2D eigenvalue weighted by atomic mass is 10.2. The van der Waals surface area contributed by atoms with E-state index in [1.165, 1.54) is 0 Å². The Bertz CT molecular complexity index is 543. The topological polar surface area (TPSA) is 42.4 Å². The Morgan fingerprint density at radius 3 is 2.90 bits per heavy atom. The highest BCUT2D eigenvalue weighted by Gasteiger charge is 2.16. The number of pyridine rings is 1. The van der Waals surface area contributed by atoms with Crippen LogP contribution >= 0.6 is 27.3 Å². The molecule has 0 aliphatic rings. The van der Waals surface area contributed by atoms with Gasteiger partial charge in [0, 0.05) is 24.7 Å². The predicted molar refractivity (Wildman–Crippen MR) is 82.9 cm³/mol. The second-order valence-corrected chi connectivity index (χ2v) is 6.01. The van der Waals surface area contributed by atoms with Gasteiger partial charge < -0.3 is 9.64 Å². The van der Waals surface area contributed by atoms with Gasteiger partial charge in [0.1, 0.15) is 4.60 Å². The number of carbonyl (C=O) groups is 1. The van der Waals surface area contributed by atoms with E-state index in [1.54, 1.807) is 41.7 Å². The van der Waals surface area contributed by atoms with Crippen LogP contribution in [0.25, 0.3) is 0 Å². The summed E-state index contributed by atoms with van der Waals surface area (Å²) in [5, 5.41) is 2.01. The van der Waals surface area contributed by atoms with Crippen LogP contribution in [0.4, 0.5) is 0 Å². The molecule has 0 atom stereocenters. The quantitative estimate of drug-likeness (QED) is 0.748. The monoisotopic (exact) mass is 354 g/mol. The molecule has 0 radical (unpaired) electrons. The van der Waals surface area contributed by atoms with Crippen LogP contribution in [0.2, 0.25) is 0 Å². The number of methoxy groups -OCH3 is 1. The first-order chi connectivity index (χ1) is 9.70. The molecule has 106 valence electrons. The summed E-state index contributed by atoms with van der Waals surface area (Å²) < 4.78 is 5.80. The van der Waals surface area contributed by atoms with Gasteiger partial charge in [0.05, 0.1) is 18.7 Å². The van der Waals surface area contributed by atoms with Crippen LogP contribution < -0.4 is 0 Å². The SMILES string of the molecule is COCCN(Cc1cccs1)C(=O)c1ccc(Br)nc1. The van der Waals surface area contributed by atoms with Crippen molar-refractivity contribution < 1.29 is 9.53 Å². The number of aromatic nitrogens is 1. The Morgan fingerprint density at radius 2 is 2.30 bits per heavy atom. The van der Waals surface area contributed by atoms with Crippen molar-refractivity contribution in [1.82, 2.24) is 9.88 Å². The van der Waals surface area contributed by atoms with E-state index in [0.717, 1.165) is 9.48 Å². The lowest BCUT2D eigenvalue weighted by molar-refractivity contribution is 0.0682. The minimum absolute atomic E-state index is 0.0320. The molecule has 2 heterocycles. The number of ether oxygens (including phenoxy) is 1. The van der Waals surface area contributed by atoms with Gasteiger partial charge in [-0.15, -0.1) is 11.3 Å². The van der Waals surface area contributed by atoms with E-state index in [-0.39, 0.29) is 5.91 Å². The van der Waals surface area contributed by atoms with Gasteiger partial charge in [0.15, 0.2) is 0 Å². The van der Waals surface area contributed by atoms with Crippen LogP contribution in [0.1, 0.15) is 15.2 Å². The third-order valence-electron chi connectivity index (χ3n) is 2.75. The van der Waals surface area contributed by atoms with Crippen molar-refractivity contribution in [3.63, 3.8) is 0 Å². The highest BCUT2D eigenvalue weighted by atomic mass is 79.9. The molecule has 0 saturated carbocycles. The van der Waals surface area contributed by atoms with Gasteiger partial charge in [-0.2, -0.15) is 0 Å². The predicted octanol–water partition coefficient (Wildman–Crippen LogP) is 3.19. The fraction of sp³-hybridized carbons (Fsp3) is 0.286. The molecule has 6 heteroatoms. The molecule has 0 unspecified atom stereocenters.